The number of carboxylic acid groups (broad SMARTS) is 1. The Bertz CT molecular complexity index is 1010. The third-order valence-corrected chi connectivity index (χ3v) is 5.17. The lowest BCUT2D eigenvalue weighted by atomic mass is 10.0. The molecule has 1 unspecified atom stereocenters. The molecule has 1 amide bonds. The van der Waals surface area contributed by atoms with Gasteiger partial charge in [-0.05, 0) is 47.5 Å². The SMILES string of the molecule is O=C(O)C(Cc1ccccc1)N(Cc1cccc(Br)c1)C(=O)Oc1ccc(Cl)cc1. The van der Waals surface area contributed by atoms with E-state index in [1.54, 1.807) is 24.3 Å². The minimum absolute atomic E-state index is 0.0790. The van der Waals surface area contributed by atoms with E-state index < -0.39 is 18.1 Å². The van der Waals surface area contributed by atoms with Crippen LogP contribution in [0.15, 0.2) is 83.3 Å². The Labute approximate surface area is 188 Å². The number of carbonyl (C=O) groups is 2. The van der Waals surface area contributed by atoms with Crippen molar-refractivity contribution in [2.24, 2.45) is 0 Å². The van der Waals surface area contributed by atoms with Crippen LogP contribution in [0.1, 0.15) is 11.1 Å². The van der Waals surface area contributed by atoms with Crippen LogP contribution >= 0.6 is 27.5 Å². The van der Waals surface area contributed by atoms with Crippen LogP contribution in [0.25, 0.3) is 0 Å². The van der Waals surface area contributed by atoms with E-state index in [0.29, 0.717) is 5.02 Å². The molecule has 7 heteroatoms. The molecule has 0 spiro atoms. The molecule has 0 aliphatic carbocycles. The van der Waals surface area contributed by atoms with Crippen LogP contribution in [0, 0.1) is 0 Å². The highest BCUT2D eigenvalue weighted by Gasteiger charge is 2.31. The predicted molar refractivity (Wildman–Crippen MR) is 119 cm³/mol. The second kappa shape index (κ2) is 10.3. The van der Waals surface area contributed by atoms with E-state index in [0.717, 1.165) is 15.6 Å². The summed E-state index contributed by atoms with van der Waals surface area (Å²) in [5, 5.41) is 10.4. The number of ether oxygens (including phenoxy) is 1. The van der Waals surface area contributed by atoms with Crippen molar-refractivity contribution in [3.05, 3.63) is 99.5 Å². The molecule has 5 nitrogen and oxygen atoms in total. The Morgan fingerprint density at radius 2 is 1.63 bits per heavy atom. The number of amides is 1. The standard InChI is InChI=1S/C23H19BrClNO4/c24-18-8-4-7-17(13-18)15-26(23(29)30-20-11-9-19(25)10-12-20)21(22(27)28)14-16-5-2-1-3-6-16/h1-13,21H,14-15H2,(H,27,28). The molecule has 0 aromatic heterocycles. The van der Waals surface area contributed by atoms with Gasteiger partial charge in [0.25, 0.3) is 0 Å². The summed E-state index contributed by atoms with van der Waals surface area (Å²) < 4.78 is 6.29. The van der Waals surface area contributed by atoms with Crippen LogP contribution in [0.2, 0.25) is 5.02 Å². The molecule has 0 saturated heterocycles. The van der Waals surface area contributed by atoms with Crippen LogP contribution in [-0.2, 0) is 17.8 Å². The minimum Gasteiger partial charge on any atom is -0.480 e. The summed E-state index contributed by atoms with van der Waals surface area (Å²) >= 11 is 9.29. The lowest BCUT2D eigenvalue weighted by molar-refractivity contribution is -0.142. The van der Waals surface area contributed by atoms with Crippen molar-refractivity contribution in [3.63, 3.8) is 0 Å². The van der Waals surface area contributed by atoms with E-state index in [-0.39, 0.29) is 18.7 Å². The first-order valence-electron chi connectivity index (χ1n) is 9.17. The maximum atomic E-state index is 13.0. The molecular formula is C23H19BrClNO4. The van der Waals surface area contributed by atoms with Gasteiger partial charge >= 0.3 is 12.1 Å². The highest BCUT2D eigenvalue weighted by Crippen LogP contribution is 2.21. The number of carbonyl (C=O) groups excluding carboxylic acids is 1. The Kier molecular flexibility index (Phi) is 7.49. The summed E-state index contributed by atoms with van der Waals surface area (Å²) in [6.45, 7) is 0.0790. The van der Waals surface area contributed by atoms with Gasteiger partial charge in [0.05, 0.1) is 0 Å². The van der Waals surface area contributed by atoms with E-state index >= 15 is 0 Å². The lowest BCUT2D eigenvalue weighted by Gasteiger charge is -2.28. The second-order valence-electron chi connectivity index (χ2n) is 6.62. The van der Waals surface area contributed by atoms with Gasteiger partial charge in [0, 0.05) is 22.5 Å². The van der Waals surface area contributed by atoms with Crippen molar-refractivity contribution < 1.29 is 19.4 Å². The van der Waals surface area contributed by atoms with E-state index in [1.165, 1.54) is 4.90 Å². The zero-order chi connectivity index (χ0) is 21.5. The lowest BCUT2D eigenvalue weighted by Crippen LogP contribution is -2.47. The molecule has 1 N–H and O–H groups in total. The topological polar surface area (TPSA) is 66.8 Å². The zero-order valence-electron chi connectivity index (χ0n) is 15.9. The third kappa shape index (κ3) is 6.08. The Morgan fingerprint density at radius 1 is 0.967 bits per heavy atom. The molecule has 3 aromatic rings. The van der Waals surface area contributed by atoms with Crippen molar-refractivity contribution in [3.8, 4) is 5.75 Å². The molecule has 0 aliphatic rings. The fourth-order valence-corrected chi connectivity index (χ4v) is 3.54. The summed E-state index contributed by atoms with van der Waals surface area (Å²) in [7, 11) is 0. The number of rotatable bonds is 7. The molecule has 30 heavy (non-hydrogen) atoms. The van der Waals surface area contributed by atoms with E-state index in [1.807, 2.05) is 54.6 Å². The van der Waals surface area contributed by atoms with Gasteiger partial charge in [0.15, 0.2) is 0 Å². The maximum Gasteiger partial charge on any atom is 0.416 e. The largest absolute Gasteiger partial charge is 0.480 e. The summed E-state index contributed by atoms with van der Waals surface area (Å²) in [5.41, 5.74) is 1.58. The molecule has 1 atom stereocenters. The maximum absolute atomic E-state index is 13.0. The summed E-state index contributed by atoms with van der Waals surface area (Å²) in [6, 6.07) is 21.7. The molecule has 154 valence electrons. The number of benzene rings is 3. The quantitative estimate of drug-likeness (QED) is 0.456. The number of halogens is 2. The number of nitrogens with zero attached hydrogens (tertiary/aromatic N) is 1. The normalized spacial score (nSPS) is 11.5. The summed E-state index contributed by atoms with van der Waals surface area (Å²) in [6.07, 6.45) is -0.597. The smallest absolute Gasteiger partial charge is 0.416 e. The van der Waals surface area contributed by atoms with Crippen LogP contribution in [0.5, 0.6) is 5.75 Å². The molecule has 0 fully saturated rings. The molecule has 3 rings (SSSR count). The first kappa shape index (κ1) is 21.9. The molecule has 0 aliphatic heterocycles. The van der Waals surface area contributed by atoms with Crippen molar-refractivity contribution >= 4 is 39.6 Å². The Hall–Kier alpha value is -2.83. The predicted octanol–water partition coefficient (Wildman–Crippen LogP) is 5.80. The van der Waals surface area contributed by atoms with Crippen molar-refractivity contribution in [2.75, 3.05) is 0 Å². The van der Waals surface area contributed by atoms with Gasteiger partial charge in [-0.3, -0.25) is 4.90 Å². The average Bonchev–Trinajstić information content (AvgIpc) is 2.73. The van der Waals surface area contributed by atoms with Crippen LogP contribution < -0.4 is 4.74 Å². The highest BCUT2D eigenvalue weighted by molar-refractivity contribution is 9.10. The average molecular weight is 489 g/mol. The van der Waals surface area contributed by atoms with Gasteiger partial charge in [0.2, 0.25) is 0 Å². The first-order valence-corrected chi connectivity index (χ1v) is 10.3. The van der Waals surface area contributed by atoms with Gasteiger partial charge in [-0.2, -0.15) is 0 Å². The summed E-state index contributed by atoms with van der Waals surface area (Å²) in [4.78, 5) is 26.4. The zero-order valence-corrected chi connectivity index (χ0v) is 18.2. The number of carboxylic acids is 1. The second-order valence-corrected chi connectivity index (χ2v) is 7.98. The molecule has 3 aromatic carbocycles. The van der Waals surface area contributed by atoms with Gasteiger partial charge in [0.1, 0.15) is 11.8 Å². The van der Waals surface area contributed by atoms with Crippen molar-refractivity contribution in [1.29, 1.82) is 0 Å². The fourth-order valence-electron chi connectivity index (χ4n) is 2.96. The monoisotopic (exact) mass is 487 g/mol. The number of aliphatic carboxylic acids is 1. The van der Waals surface area contributed by atoms with Crippen LogP contribution in [0.3, 0.4) is 0 Å². The first-order chi connectivity index (χ1) is 14.4. The molecule has 0 radical (unpaired) electrons. The van der Waals surface area contributed by atoms with Gasteiger partial charge in [-0.1, -0.05) is 70.0 Å². The van der Waals surface area contributed by atoms with Gasteiger partial charge < -0.3 is 9.84 Å². The van der Waals surface area contributed by atoms with Crippen molar-refractivity contribution in [2.45, 2.75) is 19.0 Å². The molecule has 0 bridgehead atoms. The van der Waals surface area contributed by atoms with E-state index in [9.17, 15) is 14.7 Å². The fraction of sp³-hybridized carbons (Fsp3) is 0.130. The van der Waals surface area contributed by atoms with Crippen LogP contribution in [0.4, 0.5) is 4.79 Å². The van der Waals surface area contributed by atoms with Crippen LogP contribution in [-0.4, -0.2) is 28.1 Å². The Morgan fingerprint density at radius 3 is 2.27 bits per heavy atom. The van der Waals surface area contributed by atoms with E-state index in [2.05, 4.69) is 15.9 Å². The highest BCUT2D eigenvalue weighted by atomic mass is 79.9. The molecule has 0 heterocycles. The number of hydrogen-bond acceptors (Lipinski definition) is 3. The van der Waals surface area contributed by atoms with Crippen molar-refractivity contribution in [1.82, 2.24) is 4.90 Å². The number of hydrogen-bond donors (Lipinski definition) is 1. The third-order valence-electron chi connectivity index (χ3n) is 4.43. The van der Waals surface area contributed by atoms with E-state index in [4.69, 9.17) is 16.3 Å². The molecule has 0 saturated carbocycles. The minimum atomic E-state index is -1.11. The molecular weight excluding hydrogens is 470 g/mol. The van der Waals surface area contributed by atoms with Gasteiger partial charge in [-0.25, -0.2) is 9.59 Å². The van der Waals surface area contributed by atoms with Gasteiger partial charge in [-0.15, -0.1) is 0 Å². The summed E-state index contributed by atoms with van der Waals surface area (Å²) in [5.74, 6) is -0.825. The Balaban J connectivity index is 1.90.